The van der Waals surface area contributed by atoms with Crippen LogP contribution in [-0.2, 0) is 6.42 Å². The van der Waals surface area contributed by atoms with Crippen LogP contribution in [0.4, 0.5) is 11.5 Å². The fourth-order valence-electron chi connectivity index (χ4n) is 3.57. The Morgan fingerprint density at radius 2 is 2.00 bits per heavy atom. The van der Waals surface area contributed by atoms with Crippen LogP contribution in [0.15, 0.2) is 35.5 Å². The Kier molecular flexibility index (Phi) is 5.82. The lowest BCUT2D eigenvalue weighted by atomic mass is 10.1. The number of rotatable bonds is 5. The van der Waals surface area contributed by atoms with Crippen LogP contribution < -0.4 is 10.2 Å². The summed E-state index contributed by atoms with van der Waals surface area (Å²) in [5.41, 5.74) is 2.01. The van der Waals surface area contributed by atoms with Crippen LogP contribution in [0, 0.1) is 0 Å². The van der Waals surface area contributed by atoms with Crippen molar-refractivity contribution in [3.63, 3.8) is 0 Å². The Bertz CT molecular complexity index is 995. The second-order valence-electron chi connectivity index (χ2n) is 6.88. The zero-order valence-electron chi connectivity index (χ0n) is 16.2. The number of anilines is 2. The average Bonchev–Trinajstić information content (AvgIpc) is 3.18. The molecule has 0 unspecified atom stereocenters. The van der Waals surface area contributed by atoms with Crippen LogP contribution in [0.5, 0.6) is 0 Å². The highest BCUT2D eigenvalue weighted by Gasteiger charge is 2.21. The lowest BCUT2D eigenvalue weighted by Crippen LogP contribution is -2.30. The number of nitrogens with one attached hydrogen (secondary N) is 1. The van der Waals surface area contributed by atoms with Crippen LogP contribution in [0.3, 0.4) is 0 Å². The van der Waals surface area contributed by atoms with E-state index in [4.69, 9.17) is 4.98 Å². The van der Waals surface area contributed by atoms with Gasteiger partial charge in [0.2, 0.25) is 0 Å². The van der Waals surface area contributed by atoms with Gasteiger partial charge in [0.05, 0.1) is 10.3 Å². The van der Waals surface area contributed by atoms with E-state index in [2.05, 4.69) is 22.1 Å². The van der Waals surface area contributed by atoms with E-state index in [0.29, 0.717) is 4.88 Å². The van der Waals surface area contributed by atoms with Gasteiger partial charge < -0.3 is 10.2 Å². The van der Waals surface area contributed by atoms with Crippen molar-refractivity contribution in [2.45, 2.75) is 37.8 Å². The molecule has 1 aromatic carbocycles. The normalized spacial score (nSPS) is 14.4. The Hall–Kier alpha value is -2.12. The van der Waals surface area contributed by atoms with E-state index >= 15 is 0 Å². The van der Waals surface area contributed by atoms with E-state index in [9.17, 15) is 4.79 Å². The van der Waals surface area contributed by atoms with E-state index in [1.165, 1.54) is 30.6 Å². The molecule has 0 radical (unpaired) electrons. The summed E-state index contributed by atoms with van der Waals surface area (Å²) in [5, 5.41) is 4.82. The van der Waals surface area contributed by atoms with E-state index in [1.54, 1.807) is 11.8 Å². The van der Waals surface area contributed by atoms with E-state index in [0.717, 1.165) is 52.0 Å². The fourth-order valence-corrected chi connectivity index (χ4v) is 4.91. The molecule has 4 rings (SSSR count). The number of benzene rings is 1. The number of thioether (sulfide) groups is 1. The van der Waals surface area contributed by atoms with Crippen molar-refractivity contribution in [2.75, 3.05) is 29.6 Å². The second kappa shape index (κ2) is 8.49. The molecule has 3 heterocycles. The molecule has 1 amide bonds. The molecule has 1 aliphatic rings. The maximum absolute atomic E-state index is 12.9. The number of carbonyl (C=O) groups is 1. The van der Waals surface area contributed by atoms with Crippen molar-refractivity contribution in [1.29, 1.82) is 0 Å². The van der Waals surface area contributed by atoms with Crippen molar-refractivity contribution in [2.24, 2.45) is 0 Å². The molecule has 5 nitrogen and oxygen atoms in total. The molecule has 1 N–H and O–H groups in total. The van der Waals surface area contributed by atoms with Gasteiger partial charge in [-0.1, -0.05) is 36.9 Å². The van der Waals surface area contributed by atoms with Gasteiger partial charge in [-0.3, -0.25) is 4.79 Å². The fraction of sp³-hybridized carbons (Fsp3) is 0.381. The molecule has 0 atom stereocenters. The van der Waals surface area contributed by atoms with E-state index < -0.39 is 0 Å². The van der Waals surface area contributed by atoms with Gasteiger partial charge in [-0.05, 0) is 49.6 Å². The van der Waals surface area contributed by atoms with Crippen LogP contribution >= 0.6 is 23.1 Å². The van der Waals surface area contributed by atoms with Crippen molar-refractivity contribution in [3.8, 4) is 0 Å². The highest BCUT2D eigenvalue weighted by atomic mass is 32.2. The summed E-state index contributed by atoms with van der Waals surface area (Å²) >= 11 is 2.99. The van der Waals surface area contributed by atoms with Crippen LogP contribution in [0.1, 0.15) is 41.4 Å². The van der Waals surface area contributed by atoms with E-state index in [-0.39, 0.29) is 5.91 Å². The van der Waals surface area contributed by atoms with Gasteiger partial charge in [-0.2, -0.15) is 0 Å². The highest BCUT2D eigenvalue weighted by molar-refractivity contribution is 7.98. The molecule has 0 saturated carbocycles. The van der Waals surface area contributed by atoms with Gasteiger partial charge in [0, 0.05) is 18.8 Å². The molecule has 28 heavy (non-hydrogen) atoms. The van der Waals surface area contributed by atoms with Crippen molar-refractivity contribution >= 4 is 50.7 Å². The molecule has 0 bridgehead atoms. The number of carbonyl (C=O) groups excluding carboxylic acids is 1. The quantitative estimate of drug-likeness (QED) is 0.460. The van der Waals surface area contributed by atoms with E-state index in [1.807, 2.05) is 36.6 Å². The Morgan fingerprint density at radius 1 is 1.21 bits per heavy atom. The number of amides is 1. The topological polar surface area (TPSA) is 58.1 Å². The molecular weight excluding hydrogens is 388 g/mol. The number of aryl methyl sites for hydroxylation is 1. The standard InChI is InChI=1S/C21H24N4OS2/c1-3-14-9-5-6-10-16(14)22-19(26)17-13-15-18(25-11-7-4-8-12-25)23-21(27-2)24-20(15)28-17/h5-6,9-10,13H,3-4,7-8,11-12H2,1-2H3,(H,22,26). The third-order valence-corrected chi connectivity index (χ3v) is 6.64. The Balaban J connectivity index is 1.69. The maximum atomic E-state index is 12.9. The molecule has 7 heteroatoms. The maximum Gasteiger partial charge on any atom is 0.265 e. The van der Waals surface area contributed by atoms with Gasteiger partial charge in [0.1, 0.15) is 10.6 Å². The number of nitrogens with zero attached hydrogens (tertiary/aromatic N) is 3. The molecule has 1 aliphatic heterocycles. The lowest BCUT2D eigenvalue weighted by molar-refractivity contribution is 0.103. The predicted molar refractivity (Wildman–Crippen MR) is 119 cm³/mol. The smallest absolute Gasteiger partial charge is 0.265 e. The first-order valence-corrected chi connectivity index (χ1v) is 11.7. The first-order valence-electron chi connectivity index (χ1n) is 9.69. The first kappa shape index (κ1) is 19.2. The largest absolute Gasteiger partial charge is 0.356 e. The number of fused-ring (bicyclic) bond motifs is 1. The van der Waals surface area contributed by atoms with Crippen LogP contribution in [-0.4, -0.2) is 35.2 Å². The van der Waals surface area contributed by atoms with Crippen molar-refractivity contribution in [3.05, 3.63) is 40.8 Å². The molecule has 3 aromatic rings. The molecule has 1 saturated heterocycles. The lowest BCUT2D eigenvalue weighted by Gasteiger charge is -2.28. The second-order valence-corrected chi connectivity index (χ2v) is 8.68. The Labute approximate surface area is 173 Å². The summed E-state index contributed by atoms with van der Waals surface area (Å²) in [5.74, 6) is 0.887. The van der Waals surface area contributed by atoms with Gasteiger partial charge >= 0.3 is 0 Å². The SMILES string of the molecule is CCc1ccccc1NC(=O)c1cc2c(N3CCCCC3)nc(SC)nc2s1. The molecule has 1 fully saturated rings. The van der Waals surface area contributed by atoms with Crippen molar-refractivity contribution < 1.29 is 4.79 Å². The minimum absolute atomic E-state index is 0.0841. The zero-order valence-corrected chi connectivity index (χ0v) is 17.8. The van der Waals surface area contributed by atoms with Crippen LogP contribution in [0.25, 0.3) is 10.2 Å². The summed E-state index contributed by atoms with van der Waals surface area (Å²) in [6.45, 7) is 4.12. The summed E-state index contributed by atoms with van der Waals surface area (Å²) in [4.78, 5) is 26.3. The minimum Gasteiger partial charge on any atom is -0.356 e. The highest BCUT2D eigenvalue weighted by Crippen LogP contribution is 2.34. The van der Waals surface area contributed by atoms with Crippen molar-refractivity contribution in [1.82, 2.24) is 9.97 Å². The minimum atomic E-state index is -0.0841. The number of hydrogen-bond donors (Lipinski definition) is 1. The Morgan fingerprint density at radius 3 is 2.75 bits per heavy atom. The number of thiophene rings is 1. The number of aromatic nitrogens is 2. The van der Waals surface area contributed by atoms with Gasteiger partial charge in [0.25, 0.3) is 5.91 Å². The zero-order chi connectivity index (χ0) is 19.5. The molecule has 0 aliphatic carbocycles. The molecule has 2 aromatic heterocycles. The van der Waals surface area contributed by atoms with Gasteiger partial charge in [-0.25, -0.2) is 9.97 Å². The number of hydrogen-bond acceptors (Lipinski definition) is 6. The predicted octanol–water partition coefficient (Wildman–Crippen LogP) is 5.22. The molecular formula is C21H24N4OS2. The molecule has 0 spiro atoms. The first-order chi connectivity index (χ1) is 13.7. The third kappa shape index (κ3) is 3.86. The summed E-state index contributed by atoms with van der Waals surface area (Å²) in [7, 11) is 0. The number of para-hydroxylation sites is 1. The van der Waals surface area contributed by atoms with Gasteiger partial charge in [0.15, 0.2) is 5.16 Å². The monoisotopic (exact) mass is 412 g/mol. The van der Waals surface area contributed by atoms with Gasteiger partial charge in [-0.15, -0.1) is 11.3 Å². The molecule has 146 valence electrons. The third-order valence-electron chi connectivity index (χ3n) is 5.06. The van der Waals surface area contributed by atoms with Crippen LogP contribution in [0.2, 0.25) is 0 Å². The summed E-state index contributed by atoms with van der Waals surface area (Å²) in [6.07, 6.45) is 6.51. The average molecular weight is 413 g/mol. The summed E-state index contributed by atoms with van der Waals surface area (Å²) < 4.78 is 0. The number of piperidine rings is 1. The summed E-state index contributed by atoms with van der Waals surface area (Å²) in [6, 6.07) is 9.90.